The maximum absolute atomic E-state index is 11.0. The quantitative estimate of drug-likeness (QED) is 0.668. The van der Waals surface area contributed by atoms with E-state index in [-0.39, 0.29) is 0 Å². The number of hydrogen-bond acceptors (Lipinski definition) is 2. The van der Waals surface area contributed by atoms with Crippen molar-refractivity contribution in [3.8, 4) is 0 Å². The number of fused-ring (bicyclic) bond motifs is 3. The molecule has 0 saturated heterocycles. The molecule has 1 heterocycles. The third-order valence-electron chi connectivity index (χ3n) is 2.55. The molecule has 1 aromatic heterocycles. The molecule has 0 bridgehead atoms. The lowest BCUT2D eigenvalue weighted by Gasteiger charge is -1.95. The van der Waals surface area contributed by atoms with E-state index in [1.807, 2.05) is 24.3 Å². The fourth-order valence-corrected chi connectivity index (χ4v) is 3.30. The minimum Gasteiger partial charge on any atom is -0.302 e. The standard InChI is InChI=1S/C12H8O2S2/c13-16(14)8-5-6-12-10(7-8)9-3-1-2-4-11(9)15-12/h1-7H,(H,13,14). The first kappa shape index (κ1) is 9.96. The monoisotopic (exact) mass is 248 g/mol. The highest BCUT2D eigenvalue weighted by Crippen LogP contribution is 2.34. The van der Waals surface area contributed by atoms with Crippen molar-refractivity contribution in [2.45, 2.75) is 4.90 Å². The summed E-state index contributed by atoms with van der Waals surface area (Å²) in [6.07, 6.45) is 0. The van der Waals surface area contributed by atoms with Gasteiger partial charge in [0.1, 0.15) is 0 Å². The summed E-state index contributed by atoms with van der Waals surface area (Å²) < 4.78 is 22.4. The second-order valence-electron chi connectivity index (χ2n) is 3.51. The molecule has 0 spiro atoms. The van der Waals surface area contributed by atoms with Crippen molar-refractivity contribution < 1.29 is 8.76 Å². The smallest absolute Gasteiger partial charge is 0.186 e. The van der Waals surface area contributed by atoms with Gasteiger partial charge in [-0.05, 0) is 24.3 Å². The Hall–Kier alpha value is -1.23. The van der Waals surface area contributed by atoms with Gasteiger partial charge in [-0.25, -0.2) is 4.21 Å². The van der Waals surface area contributed by atoms with Gasteiger partial charge in [-0.2, -0.15) is 0 Å². The molecular formula is C12H8O2S2. The fraction of sp³-hybridized carbons (Fsp3) is 0. The summed E-state index contributed by atoms with van der Waals surface area (Å²) in [6, 6.07) is 13.5. The zero-order valence-corrected chi connectivity index (χ0v) is 9.85. The average Bonchev–Trinajstić information content (AvgIpc) is 2.66. The molecule has 16 heavy (non-hydrogen) atoms. The molecule has 3 aromatic rings. The van der Waals surface area contributed by atoms with Crippen molar-refractivity contribution in [1.82, 2.24) is 0 Å². The van der Waals surface area contributed by atoms with E-state index in [0.717, 1.165) is 15.5 Å². The van der Waals surface area contributed by atoms with Gasteiger partial charge in [0, 0.05) is 20.2 Å². The molecule has 1 atom stereocenters. The van der Waals surface area contributed by atoms with Gasteiger partial charge in [-0.15, -0.1) is 11.3 Å². The summed E-state index contributed by atoms with van der Waals surface area (Å²) in [5.41, 5.74) is 0. The van der Waals surface area contributed by atoms with Gasteiger partial charge < -0.3 is 4.55 Å². The predicted octanol–water partition coefficient (Wildman–Crippen LogP) is 3.64. The van der Waals surface area contributed by atoms with E-state index in [1.165, 1.54) is 4.70 Å². The van der Waals surface area contributed by atoms with Crippen molar-refractivity contribution in [2.24, 2.45) is 0 Å². The lowest BCUT2D eigenvalue weighted by Crippen LogP contribution is -1.86. The number of benzene rings is 2. The van der Waals surface area contributed by atoms with Crippen LogP contribution in [0.3, 0.4) is 0 Å². The average molecular weight is 248 g/mol. The molecule has 0 aliphatic carbocycles. The van der Waals surface area contributed by atoms with Gasteiger partial charge in [-0.1, -0.05) is 18.2 Å². The first-order valence-electron chi connectivity index (χ1n) is 4.78. The molecule has 1 unspecified atom stereocenters. The topological polar surface area (TPSA) is 37.3 Å². The number of thiophene rings is 1. The maximum atomic E-state index is 11.0. The molecule has 2 nitrogen and oxygen atoms in total. The summed E-state index contributed by atoms with van der Waals surface area (Å²) in [5.74, 6) is 0. The van der Waals surface area contributed by atoms with Crippen LogP contribution < -0.4 is 0 Å². The van der Waals surface area contributed by atoms with Crippen molar-refractivity contribution in [1.29, 1.82) is 0 Å². The first-order chi connectivity index (χ1) is 7.75. The van der Waals surface area contributed by atoms with Crippen LogP contribution in [0.15, 0.2) is 47.4 Å². The zero-order valence-electron chi connectivity index (χ0n) is 8.21. The van der Waals surface area contributed by atoms with E-state index in [1.54, 1.807) is 23.5 Å². The van der Waals surface area contributed by atoms with E-state index in [9.17, 15) is 4.21 Å². The van der Waals surface area contributed by atoms with Crippen molar-refractivity contribution >= 4 is 42.6 Å². The predicted molar refractivity (Wildman–Crippen MR) is 68.4 cm³/mol. The molecule has 1 N–H and O–H groups in total. The number of rotatable bonds is 1. The molecule has 0 fully saturated rings. The van der Waals surface area contributed by atoms with Crippen LogP contribution in [0, 0.1) is 0 Å². The maximum Gasteiger partial charge on any atom is 0.186 e. The highest BCUT2D eigenvalue weighted by molar-refractivity contribution is 7.79. The van der Waals surface area contributed by atoms with Crippen LogP contribution in [0.5, 0.6) is 0 Å². The Balaban J connectivity index is 2.44. The van der Waals surface area contributed by atoms with Gasteiger partial charge in [0.05, 0.1) is 4.90 Å². The Morgan fingerprint density at radius 2 is 1.75 bits per heavy atom. The molecule has 4 heteroatoms. The van der Waals surface area contributed by atoms with Gasteiger partial charge in [0.2, 0.25) is 0 Å². The van der Waals surface area contributed by atoms with Crippen LogP contribution in [-0.2, 0) is 11.1 Å². The summed E-state index contributed by atoms with van der Waals surface area (Å²) >= 11 is -0.206. The molecule has 0 aliphatic rings. The number of hydrogen-bond donors (Lipinski definition) is 1. The minimum atomic E-state index is -1.91. The Bertz CT molecular complexity index is 700. The first-order valence-corrected chi connectivity index (χ1v) is 6.70. The molecular weight excluding hydrogens is 240 g/mol. The van der Waals surface area contributed by atoms with E-state index >= 15 is 0 Å². The second-order valence-corrected chi connectivity index (χ2v) is 5.56. The van der Waals surface area contributed by atoms with Crippen LogP contribution >= 0.6 is 11.3 Å². The van der Waals surface area contributed by atoms with Crippen molar-refractivity contribution in [3.63, 3.8) is 0 Å². The van der Waals surface area contributed by atoms with E-state index in [2.05, 4.69) is 6.07 Å². The Morgan fingerprint density at radius 1 is 1.00 bits per heavy atom. The highest BCUT2D eigenvalue weighted by Gasteiger charge is 2.07. The second kappa shape index (κ2) is 3.66. The Labute approximate surface area is 98.8 Å². The molecule has 2 aromatic carbocycles. The normalized spacial score (nSPS) is 13.3. The largest absolute Gasteiger partial charge is 0.302 e. The van der Waals surface area contributed by atoms with Gasteiger partial charge >= 0.3 is 0 Å². The zero-order chi connectivity index (χ0) is 11.1. The minimum absolute atomic E-state index is 0.455. The summed E-state index contributed by atoms with van der Waals surface area (Å²) in [5, 5.41) is 2.20. The van der Waals surface area contributed by atoms with E-state index in [4.69, 9.17) is 4.55 Å². The third kappa shape index (κ3) is 1.46. The Morgan fingerprint density at radius 3 is 2.56 bits per heavy atom. The van der Waals surface area contributed by atoms with Crippen molar-refractivity contribution in [3.05, 3.63) is 42.5 Å². The van der Waals surface area contributed by atoms with Crippen LogP contribution in [0.2, 0.25) is 0 Å². The van der Waals surface area contributed by atoms with E-state index < -0.39 is 11.1 Å². The third-order valence-corrected chi connectivity index (χ3v) is 4.36. The summed E-state index contributed by atoms with van der Waals surface area (Å²) in [4.78, 5) is 0.455. The molecule has 0 saturated carbocycles. The Kier molecular flexibility index (Phi) is 2.28. The van der Waals surface area contributed by atoms with Crippen molar-refractivity contribution in [2.75, 3.05) is 0 Å². The van der Waals surface area contributed by atoms with Gasteiger partial charge in [0.15, 0.2) is 11.1 Å². The molecule has 0 radical (unpaired) electrons. The molecule has 80 valence electrons. The molecule has 3 rings (SSSR count). The summed E-state index contributed by atoms with van der Waals surface area (Å²) in [7, 11) is 0. The molecule has 0 amide bonds. The van der Waals surface area contributed by atoms with E-state index in [0.29, 0.717) is 4.90 Å². The van der Waals surface area contributed by atoms with Gasteiger partial charge in [0.25, 0.3) is 0 Å². The lowest BCUT2D eigenvalue weighted by molar-refractivity contribution is 0.564. The SMILES string of the molecule is O=S(O)c1ccc2sc3ccccc3c2c1. The molecule has 0 aliphatic heterocycles. The van der Waals surface area contributed by atoms with Crippen LogP contribution in [0.4, 0.5) is 0 Å². The van der Waals surface area contributed by atoms with Gasteiger partial charge in [-0.3, -0.25) is 0 Å². The van der Waals surface area contributed by atoms with Crippen LogP contribution in [0.1, 0.15) is 0 Å². The highest BCUT2D eigenvalue weighted by atomic mass is 32.2. The van der Waals surface area contributed by atoms with Crippen LogP contribution in [-0.4, -0.2) is 8.76 Å². The summed E-state index contributed by atoms with van der Waals surface area (Å²) in [6.45, 7) is 0. The van der Waals surface area contributed by atoms with Crippen LogP contribution in [0.25, 0.3) is 20.2 Å². The lowest BCUT2D eigenvalue weighted by atomic mass is 10.1. The fourth-order valence-electron chi connectivity index (χ4n) is 1.81.